The highest BCUT2D eigenvalue weighted by Gasteiger charge is 2.19. The normalized spacial score (nSPS) is 11.3. The third-order valence-electron chi connectivity index (χ3n) is 4.01. The first-order valence-electron chi connectivity index (χ1n) is 9.15. The maximum Gasteiger partial charge on any atom is 0.329 e. The van der Waals surface area contributed by atoms with Crippen molar-refractivity contribution in [3.05, 3.63) is 59.7 Å². The lowest BCUT2D eigenvalue weighted by molar-refractivity contribution is -0.117. The number of hydrogen-bond acceptors (Lipinski definition) is 7. The van der Waals surface area contributed by atoms with Crippen LogP contribution in [0.1, 0.15) is 11.1 Å². The highest BCUT2D eigenvalue weighted by Crippen LogP contribution is 2.10. The molecule has 0 aliphatic rings. The van der Waals surface area contributed by atoms with Crippen molar-refractivity contribution in [2.75, 3.05) is 13.1 Å². The molecule has 0 bridgehead atoms. The number of Topliss-reactive ketones (excluding diaryl/α,β-unsaturated/α-hetero) is 1. The van der Waals surface area contributed by atoms with Crippen LogP contribution < -0.4 is 20.1 Å². The molecule has 13 heteroatoms. The molecule has 0 radical (unpaired) electrons. The molecule has 0 atom stereocenters. The Balaban J connectivity index is 1.79. The summed E-state index contributed by atoms with van der Waals surface area (Å²) in [4.78, 5) is 35.1. The number of aryl methyl sites for hydroxylation is 2. The third-order valence-corrected chi connectivity index (χ3v) is 6.70. The Morgan fingerprint density at radius 1 is 0.625 bits per heavy atom. The van der Waals surface area contributed by atoms with E-state index < -0.39 is 51.0 Å². The number of rotatable bonds is 8. The van der Waals surface area contributed by atoms with Gasteiger partial charge in [-0.3, -0.25) is 4.79 Å². The fourth-order valence-electron chi connectivity index (χ4n) is 2.29. The second kappa shape index (κ2) is 10.2. The van der Waals surface area contributed by atoms with Crippen LogP contribution in [0.5, 0.6) is 0 Å². The van der Waals surface area contributed by atoms with Gasteiger partial charge in [-0.1, -0.05) is 35.4 Å². The van der Waals surface area contributed by atoms with Crippen molar-refractivity contribution in [3.8, 4) is 0 Å². The summed E-state index contributed by atoms with van der Waals surface area (Å²) in [6, 6.07) is 9.27. The van der Waals surface area contributed by atoms with E-state index in [-0.39, 0.29) is 9.79 Å². The smallest absolute Gasteiger partial charge is 0.329 e. The van der Waals surface area contributed by atoms with E-state index in [1.165, 1.54) is 24.3 Å². The number of nitrogens with one attached hydrogen (secondary N) is 4. The lowest BCUT2D eigenvalue weighted by Crippen LogP contribution is -2.45. The SMILES string of the molecule is Cc1ccc(S(=O)(=O)NC(=O)NCC(=O)CNC(=O)NS(=O)(=O)c2ccc(C)cc2)cc1. The summed E-state index contributed by atoms with van der Waals surface area (Å²) in [6.07, 6.45) is 0. The van der Waals surface area contributed by atoms with Crippen molar-refractivity contribution in [3.63, 3.8) is 0 Å². The fourth-order valence-corrected chi connectivity index (χ4v) is 4.15. The van der Waals surface area contributed by atoms with E-state index in [0.29, 0.717) is 0 Å². The number of carbonyl (C=O) groups is 3. The van der Waals surface area contributed by atoms with Crippen LogP contribution in [0.4, 0.5) is 9.59 Å². The molecule has 0 fully saturated rings. The summed E-state index contributed by atoms with van der Waals surface area (Å²) in [5.41, 5.74) is 1.67. The summed E-state index contributed by atoms with van der Waals surface area (Å²) >= 11 is 0. The van der Waals surface area contributed by atoms with Crippen molar-refractivity contribution in [2.45, 2.75) is 23.6 Å². The quantitative estimate of drug-likeness (QED) is 0.426. The Morgan fingerprint density at radius 3 is 1.25 bits per heavy atom. The Labute approximate surface area is 185 Å². The molecule has 32 heavy (non-hydrogen) atoms. The summed E-state index contributed by atoms with van der Waals surface area (Å²) in [5.74, 6) is -0.698. The second-order valence-corrected chi connectivity index (χ2v) is 10.1. The zero-order valence-electron chi connectivity index (χ0n) is 17.2. The average molecular weight is 483 g/mol. The van der Waals surface area contributed by atoms with Gasteiger partial charge in [0.15, 0.2) is 5.78 Å². The second-order valence-electron chi connectivity index (χ2n) is 6.74. The largest absolute Gasteiger partial charge is 0.330 e. The summed E-state index contributed by atoms with van der Waals surface area (Å²) in [5, 5.41) is 4.11. The minimum atomic E-state index is -4.12. The summed E-state index contributed by atoms with van der Waals surface area (Å²) < 4.78 is 51.9. The van der Waals surface area contributed by atoms with Crippen molar-refractivity contribution < 1.29 is 31.2 Å². The van der Waals surface area contributed by atoms with E-state index >= 15 is 0 Å². The van der Waals surface area contributed by atoms with E-state index in [4.69, 9.17) is 0 Å². The van der Waals surface area contributed by atoms with Crippen LogP contribution in [0, 0.1) is 13.8 Å². The van der Waals surface area contributed by atoms with Crippen LogP contribution in [0.25, 0.3) is 0 Å². The van der Waals surface area contributed by atoms with Crippen LogP contribution in [0.2, 0.25) is 0 Å². The molecule has 0 unspecified atom stereocenters. The molecular weight excluding hydrogens is 460 g/mol. The number of benzene rings is 2. The zero-order chi connectivity index (χ0) is 23.9. The van der Waals surface area contributed by atoms with E-state index in [0.717, 1.165) is 11.1 Å². The summed E-state index contributed by atoms with van der Waals surface area (Å²) in [7, 11) is -8.24. The molecule has 0 aliphatic carbocycles. The highest BCUT2D eigenvalue weighted by molar-refractivity contribution is 7.90. The van der Waals surface area contributed by atoms with Gasteiger partial charge in [0, 0.05) is 0 Å². The van der Waals surface area contributed by atoms with Crippen molar-refractivity contribution in [2.24, 2.45) is 0 Å². The molecule has 0 spiro atoms. The summed E-state index contributed by atoms with van der Waals surface area (Å²) in [6.45, 7) is 2.35. The number of hydrogen-bond donors (Lipinski definition) is 4. The lowest BCUT2D eigenvalue weighted by atomic mass is 10.2. The molecule has 0 saturated heterocycles. The minimum Gasteiger partial charge on any atom is -0.330 e. The van der Waals surface area contributed by atoms with Gasteiger partial charge in [0.1, 0.15) is 0 Å². The van der Waals surface area contributed by atoms with E-state index in [2.05, 4.69) is 10.6 Å². The molecule has 4 N–H and O–H groups in total. The topological polar surface area (TPSA) is 168 Å². The van der Waals surface area contributed by atoms with Gasteiger partial charge in [0.25, 0.3) is 20.0 Å². The maximum atomic E-state index is 12.1. The number of urea groups is 2. The molecule has 2 rings (SSSR count). The predicted molar refractivity (Wildman–Crippen MR) is 115 cm³/mol. The van der Waals surface area contributed by atoms with Crippen LogP contribution >= 0.6 is 0 Å². The molecule has 0 aliphatic heterocycles. The molecule has 0 heterocycles. The van der Waals surface area contributed by atoms with Crippen LogP contribution in [-0.4, -0.2) is 47.8 Å². The monoisotopic (exact) mass is 482 g/mol. The predicted octanol–water partition coefficient (Wildman–Crippen LogP) is 0.549. The first-order valence-corrected chi connectivity index (χ1v) is 12.1. The Kier molecular flexibility index (Phi) is 7.94. The van der Waals surface area contributed by atoms with Gasteiger partial charge in [0.2, 0.25) is 0 Å². The van der Waals surface area contributed by atoms with E-state index in [1.807, 2.05) is 0 Å². The Hall–Kier alpha value is -3.45. The standard InChI is InChI=1S/C19H22N4O7S2/c1-13-3-7-16(8-4-13)31(27,28)22-18(25)20-11-15(24)12-21-19(26)23-32(29,30)17-9-5-14(2)6-10-17/h3-10H,11-12H2,1-2H3,(H2,20,22,25)(H2,21,23,26). The van der Waals surface area contributed by atoms with Gasteiger partial charge in [-0.15, -0.1) is 0 Å². The molecule has 2 aromatic carbocycles. The van der Waals surface area contributed by atoms with Gasteiger partial charge >= 0.3 is 12.1 Å². The zero-order valence-corrected chi connectivity index (χ0v) is 18.8. The maximum absolute atomic E-state index is 12.1. The highest BCUT2D eigenvalue weighted by atomic mass is 32.2. The lowest BCUT2D eigenvalue weighted by Gasteiger charge is -2.10. The number of carbonyl (C=O) groups excluding carboxylic acids is 3. The molecule has 11 nitrogen and oxygen atoms in total. The fraction of sp³-hybridized carbons (Fsp3) is 0.211. The van der Waals surface area contributed by atoms with Gasteiger partial charge in [0.05, 0.1) is 22.9 Å². The van der Waals surface area contributed by atoms with Crippen LogP contribution in [0.15, 0.2) is 58.3 Å². The van der Waals surface area contributed by atoms with Gasteiger partial charge in [-0.25, -0.2) is 35.9 Å². The van der Waals surface area contributed by atoms with E-state index in [1.54, 1.807) is 47.6 Å². The molecule has 172 valence electrons. The first-order chi connectivity index (χ1) is 14.9. The van der Waals surface area contributed by atoms with Crippen molar-refractivity contribution in [1.82, 2.24) is 20.1 Å². The molecule has 0 saturated carbocycles. The van der Waals surface area contributed by atoms with Gasteiger partial charge in [-0.05, 0) is 38.1 Å². The minimum absolute atomic E-state index is 0.127. The van der Waals surface area contributed by atoms with Crippen molar-refractivity contribution >= 4 is 37.9 Å². The number of sulfonamides is 2. The third kappa shape index (κ3) is 7.35. The van der Waals surface area contributed by atoms with Crippen LogP contribution in [0.3, 0.4) is 0 Å². The molecule has 4 amide bonds. The Bertz CT molecular complexity index is 1110. The van der Waals surface area contributed by atoms with Crippen LogP contribution in [-0.2, 0) is 24.8 Å². The molecule has 2 aromatic rings. The average Bonchev–Trinajstić information content (AvgIpc) is 2.70. The number of amides is 4. The number of ketones is 1. The molecule has 0 aromatic heterocycles. The van der Waals surface area contributed by atoms with E-state index in [9.17, 15) is 31.2 Å². The van der Waals surface area contributed by atoms with Gasteiger partial charge < -0.3 is 10.6 Å². The first kappa shape index (κ1) is 24.8. The van der Waals surface area contributed by atoms with Crippen molar-refractivity contribution in [1.29, 1.82) is 0 Å². The van der Waals surface area contributed by atoms with Gasteiger partial charge in [-0.2, -0.15) is 0 Å². The Morgan fingerprint density at radius 2 is 0.938 bits per heavy atom. The molecular formula is C19H22N4O7S2.